The summed E-state index contributed by atoms with van der Waals surface area (Å²) in [6, 6.07) is 60.9. The van der Waals surface area contributed by atoms with Crippen LogP contribution >= 0.6 is 0 Å². The van der Waals surface area contributed by atoms with Gasteiger partial charge in [-0.1, -0.05) is 159 Å². The van der Waals surface area contributed by atoms with E-state index in [1.54, 1.807) is 0 Å². The largest absolute Gasteiger partial charge is 0.208 e. The van der Waals surface area contributed by atoms with E-state index in [2.05, 4.69) is 135 Å². The number of benzene rings is 7. The highest BCUT2D eigenvalue weighted by molar-refractivity contribution is 5.94. The summed E-state index contributed by atoms with van der Waals surface area (Å²) in [5.41, 5.74) is 14.8. The molecule has 1 aliphatic rings. The van der Waals surface area contributed by atoms with Crippen molar-refractivity contribution in [2.24, 2.45) is 0 Å². The summed E-state index contributed by atoms with van der Waals surface area (Å²) in [7, 11) is 0. The molecule has 9 rings (SSSR count). The van der Waals surface area contributed by atoms with Crippen molar-refractivity contribution < 1.29 is 0 Å². The molecule has 1 heterocycles. The number of nitrogens with zero attached hydrogens (tertiary/aromatic N) is 4. The van der Waals surface area contributed by atoms with E-state index in [0.29, 0.717) is 23.0 Å². The third-order valence-electron chi connectivity index (χ3n) is 10.4. The summed E-state index contributed by atoms with van der Waals surface area (Å²) in [6.07, 6.45) is 0. The Kier molecular flexibility index (Phi) is 7.83. The topological polar surface area (TPSA) is 62.5 Å². The van der Waals surface area contributed by atoms with Crippen molar-refractivity contribution in [3.05, 3.63) is 187 Å². The van der Waals surface area contributed by atoms with E-state index >= 15 is 0 Å². The van der Waals surface area contributed by atoms with E-state index in [4.69, 9.17) is 15.0 Å². The first-order valence-electron chi connectivity index (χ1n) is 17.8. The molecule has 0 spiro atoms. The second kappa shape index (κ2) is 13.0. The Bertz CT molecular complexity index is 2710. The summed E-state index contributed by atoms with van der Waals surface area (Å²) in [5.74, 6) is 1.87. The lowest BCUT2D eigenvalue weighted by molar-refractivity contribution is 0.660. The summed E-state index contributed by atoms with van der Waals surface area (Å²) in [4.78, 5) is 15.2. The maximum absolute atomic E-state index is 9.74. The molecule has 0 N–H and O–H groups in total. The van der Waals surface area contributed by atoms with Crippen LogP contribution in [-0.4, -0.2) is 15.0 Å². The minimum Gasteiger partial charge on any atom is -0.208 e. The fraction of sp³-hybridized carbons (Fsp3) is 0.0612. The van der Waals surface area contributed by atoms with Gasteiger partial charge in [-0.3, -0.25) is 0 Å². The Morgan fingerprint density at radius 1 is 0.396 bits per heavy atom. The van der Waals surface area contributed by atoms with Gasteiger partial charge in [-0.2, -0.15) is 5.26 Å². The highest BCUT2D eigenvalue weighted by atomic mass is 15.0. The second-order valence-corrected chi connectivity index (χ2v) is 14.0. The van der Waals surface area contributed by atoms with Gasteiger partial charge in [-0.15, -0.1) is 0 Å². The molecule has 1 aromatic heterocycles. The number of fused-ring (bicyclic) bond motifs is 3. The standard InChI is InChI=1S/C49H34N4/c1-49(2)43-27-26-32(31-50)28-42(43)45-40(24-13-25-44(45)49)37-20-11-18-35(29-37)36-19-12-21-38(30-36)47-51-46(34-16-7-4-8-17-34)52-48(53-47)41-23-10-9-22-39(41)33-14-5-3-6-15-33/h3-30H,1-2H3. The second-order valence-electron chi connectivity index (χ2n) is 14.0. The smallest absolute Gasteiger partial charge is 0.164 e. The summed E-state index contributed by atoms with van der Waals surface area (Å²) < 4.78 is 0. The highest BCUT2D eigenvalue weighted by Gasteiger charge is 2.37. The molecule has 0 fully saturated rings. The van der Waals surface area contributed by atoms with E-state index in [9.17, 15) is 5.26 Å². The van der Waals surface area contributed by atoms with Gasteiger partial charge in [-0.05, 0) is 79.9 Å². The van der Waals surface area contributed by atoms with E-state index in [-0.39, 0.29) is 5.41 Å². The van der Waals surface area contributed by atoms with Gasteiger partial charge in [0.2, 0.25) is 0 Å². The van der Waals surface area contributed by atoms with E-state index in [1.165, 1.54) is 16.7 Å². The first-order valence-corrected chi connectivity index (χ1v) is 17.8. The molecule has 53 heavy (non-hydrogen) atoms. The predicted molar refractivity (Wildman–Crippen MR) is 215 cm³/mol. The number of rotatable bonds is 6. The molecule has 0 atom stereocenters. The summed E-state index contributed by atoms with van der Waals surface area (Å²) in [5, 5.41) is 9.74. The SMILES string of the molecule is CC1(C)c2ccc(C#N)cc2-c2c(-c3cccc(-c4cccc(-c5nc(-c6ccccc6)nc(-c6ccccc6-c6ccccc6)n5)c4)c3)cccc21. The maximum atomic E-state index is 9.74. The summed E-state index contributed by atoms with van der Waals surface area (Å²) in [6.45, 7) is 4.54. The zero-order chi connectivity index (χ0) is 35.9. The molecule has 0 aliphatic heterocycles. The van der Waals surface area contributed by atoms with Crippen LogP contribution in [0.3, 0.4) is 0 Å². The van der Waals surface area contributed by atoms with Gasteiger partial charge in [0.15, 0.2) is 17.5 Å². The Morgan fingerprint density at radius 3 is 1.64 bits per heavy atom. The van der Waals surface area contributed by atoms with Crippen LogP contribution in [0.2, 0.25) is 0 Å². The van der Waals surface area contributed by atoms with E-state index in [1.807, 2.05) is 54.6 Å². The van der Waals surface area contributed by atoms with Crippen LogP contribution in [0.15, 0.2) is 170 Å². The molecule has 250 valence electrons. The lowest BCUT2D eigenvalue weighted by Gasteiger charge is -2.21. The van der Waals surface area contributed by atoms with Crippen LogP contribution in [0.4, 0.5) is 0 Å². The van der Waals surface area contributed by atoms with Crippen LogP contribution < -0.4 is 0 Å². The Balaban J connectivity index is 1.15. The number of aromatic nitrogens is 3. The van der Waals surface area contributed by atoms with Crippen molar-refractivity contribution in [3.63, 3.8) is 0 Å². The molecule has 7 aromatic carbocycles. The predicted octanol–water partition coefficient (Wildman–Crippen LogP) is 12.1. The minimum atomic E-state index is -0.162. The van der Waals surface area contributed by atoms with Gasteiger partial charge >= 0.3 is 0 Å². The van der Waals surface area contributed by atoms with Crippen molar-refractivity contribution in [3.8, 4) is 84.7 Å². The lowest BCUT2D eigenvalue weighted by Crippen LogP contribution is -2.14. The first-order chi connectivity index (χ1) is 26.0. The zero-order valence-electron chi connectivity index (χ0n) is 29.5. The van der Waals surface area contributed by atoms with Gasteiger partial charge in [0.25, 0.3) is 0 Å². The minimum absolute atomic E-state index is 0.162. The fourth-order valence-corrected chi connectivity index (χ4v) is 7.71. The number of hydrogen-bond donors (Lipinski definition) is 0. The molecular weight excluding hydrogens is 645 g/mol. The van der Waals surface area contributed by atoms with Crippen molar-refractivity contribution in [2.45, 2.75) is 19.3 Å². The normalized spacial score (nSPS) is 12.5. The van der Waals surface area contributed by atoms with Crippen LogP contribution in [-0.2, 0) is 5.41 Å². The van der Waals surface area contributed by atoms with Crippen LogP contribution in [0, 0.1) is 11.3 Å². The molecule has 1 aliphatic carbocycles. The Morgan fingerprint density at radius 2 is 0.925 bits per heavy atom. The van der Waals surface area contributed by atoms with Crippen molar-refractivity contribution in [1.29, 1.82) is 5.26 Å². The molecule has 0 saturated carbocycles. The van der Waals surface area contributed by atoms with Gasteiger partial charge in [-0.25, -0.2) is 15.0 Å². The molecular formula is C49H34N4. The summed E-state index contributed by atoms with van der Waals surface area (Å²) >= 11 is 0. The molecule has 0 unspecified atom stereocenters. The third kappa shape index (κ3) is 5.69. The van der Waals surface area contributed by atoms with Crippen molar-refractivity contribution >= 4 is 0 Å². The molecule has 0 amide bonds. The van der Waals surface area contributed by atoms with E-state index in [0.717, 1.165) is 55.6 Å². The van der Waals surface area contributed by atoms with Gasteiger partial charge in [0, 0.05) is 22.1 Å². The molecule has 0 saturated heterocycles. The monoisotopic (exact) mass is 678 g/mol. The van der Waals surface area contributed by atoms with Gasteiger partial charge in [0.05, 0.1) is 11.6 Å². The third-order valence-corrected chi connectivity index (χ3v) is 10.4. The average molecular weight is 679 g/mol. The number of hydrogen-bond acceptors (Lipinski definition) is 4. The molecule has 4 nitrogen and oxygen atoms in total. The lowest BCUT2D eigenvalue weighted by atomic mass is 9.82. The van der Waals surface area contributed by atoms with Crippen LogP contribution in [0.5, 0.6) is 0 Å². The zero-order valence-corrected chi connectivity index (χ0v) is 29.5. The molecule has 0 bridgehead atoms. The first kappa shape index (κ1) is 32.0. The van der Waals surface area contributed by atoms with Crippen LogP contribution in [0.25, 0.3) is 78.7 Å². The average Bonchev–Trinajstić information content (AvgIpc) is 3.46. The fourth-order valence-electron chi connectivity index (χ4n) is 7.71. The van der Waals surface area contributed by atoms with Crippen molar-refractivity contribution in [1.82, 2.24) is 15.0 Å². The quantitative estimate of drug-likeness (QED) is 0.176. The van der Waals surface area contributed by atoms with Gasteiger partial charge in [0.1, 0.15) is 0 Å². The highest BCUT2D eigenvalue weighted by Crippen LogP contribution is 2.52. The maximum Gasteiger partial charge on any atom is 0.164 e. The van der Waals surface area contributed by atoms with Crippen LogP contribution in [0.1, 0.15) is 30.5 Å². The Hall–Kier alpha value is -6.96. The Labute approximate surface area is 309 Å². The van der Waals surface area contributed by atoms with Crippen molar-refractivity contribution in [2.75, 3.05) is 0 Å². The van der Waals surface area contributed by atoms with E-state index < -0.39 is 0 Å². The molecule has 4 heteroatoms. The molecule has 0 radical (unpaired) electrons. The molecule has 8 aromatic rings. The number of nitriles is 1. The van der Waals surface area contributed by atoms with Gasteiger partial charge < -0.3 is 0 Å².